The zero-order valence-electron chi connectivity index (χ0n) is 9.07. The molecule has 4 nitrogen and oxygen atoms in total. The SMILES string of the molecule is NC(CC(=O)O)Cc1ccc2c(c1)CCN2. The summed E-state index contributed by atoms with van der Waals surface area (Å²) in [6.45, 7) is 0.986. The normalized spacial score (nSPS) is 15.3. The second-order valence-electron chi connectivity index (χ2n) is 4.23. The molecule has 0 saturated carbocycles. The first-order valence-corrected chi connectivity index (χ1v) is 5.48. The Morgan fingerprint density at radius 2 is 2.38 bits per heavy atom. The van der Waals surface area contributed by atoms with Gasteiger partial charge in [0.05, 0.1) is 6.42 Å². The van der Waals surface area contributed by atoms with Gasteiger partial charge in [-0.25, -0.2) is 0 Å². The molecule has 0 radical (unpaired) electrons. The monoisotopic (exact) mass is 220 g/mol. The maximum Gasteiger partial charge on any atom is 0.304 e. The zero-order valence-corrected chi connectivity index (χ0v) is 9.07. The van der Waals surface area contributed by atoms with Gasteiger partial charge in [0, 0.05) is 18.3 Å². The molecule has 4 heteroatoms. The van der Waals surface area contributed by atoms with Gasteiger partial charge in [-0.15, -0.1) is 0 Å². The average Bonchev–Trinajstić information content (AvgIpc) is 2.63. The van der Waals surface area contributed by atoms with E-state index in [1.54, 1.807) is 0 Å². The number of rotatable bonds is 4. The molecule has 1 atom stereocenters. The van der Waals surface area contributed by atoms with E-state index in [0.29, 0.717) is 6.42 Å². The van der Waals surface area contributed by atoms with Crippen LogP contribution in [-0.2, 0) is 17.6 Å². The van der Waals surface area contributed by atoms with Gasteiger partial charge in [0.2, 0.25) is 0 Å². The summed E-state index contributed by atoms with van der Waals surface area (Å²) in [6.07, 6.45) is 1.69. The fourth-order valence-corrected chi connectivity index (χ4v) is 2.08. The molecule has 2 rings (SSSR count). The van der Waals surface area contributed by atoms with Gasteiger partial charge in [0.15, 0.2) is 0 Å². The molecule has 0 spiro atoms. The van der Waals surface area contributed by atoms with E-state index in [-0.39, 0.29) is 12.5 Å². The van der Waals surface area contributed by atoms with Crippen LogP contribution >= 0.6 is 0 Å². The number of nitrogens with one attached hydrogen (secondary N) is 1. The summed E-state index contributed by atoms with van der Waals surface area (Å²) in [5.74, 6) is -0.838. The van der Waals surface area contributed by atoms with Crippen molar-refractivity contribution in [1.82, 2.24) is 0 Å². The third-order valence-corrected chi connectivity index (χ3v) is 2.81. The minimum absolute atomic E-state index is 0.0231. The Kier molecular flexibility index (Phi) is 3.10. The lowest BCUT2D eigenvalue weighted by Crippen LogP contribution is -2.26. The van der Waals surface area contributed by atoms with E-state index < -0.39 is 5.97 Å². The number of carbonyl (C=O) groups is 1. The van der Waals surface area contributed by atoms with E-state index in [9.17, 15) is 4.79 Å². The van der Waals surface area contributed by atoms with Gasteiger partial charge in [-0.05, 0) is 30.0 Å². The highest BCUT2D eigenvalue weighted by Crippen LogP contribution is 2.23. The van der Waals surface area contributed by atoms with Crippen molar-refractivity contribution in [3.63, 3.8) is 0 Å². The Bertz CT molecular complexity index is 404. The van der Waals surface area contributed by atoms with Gasteiger partial charge >= 0.3 is 5.97 Å². The summed E-state index contributed by atoms with van der Waals surface area (Å²) in [5.41, 5.74) is 9.37. The second-order valence-corrected chi connectivity index (χ2v) is 4.23. The summed E-state index contributed by atoms with van der Waals surface area (Å²) in [4.78, 5) is 10.5. The second kappa shape index (κ2) is 4.53. The number of fused-ring (bicyclic) bond motifs is 1. The average molecular weight is 220 g/mol. The molecular weight excluding hydrogens is 204 g/mol. The molecule has 86 valence electrons. The summed E-state index contributed by atoms with van der Waals surface area (Å²) in [6, 6.07) is 5.88. The largest absolute Gasteiger partial charge is 0.481 e. The maximum absolute atomic E-state index is 10.5. The molecule has 4 N–H and O–H groups in total. The fourth-order valence-electron chi connectivity index (χ4n) is 2.08. The molecule has 0 fully saturated rings. The van der Waals surface area contributed by atoms with Crippen LogP contribution in [0.15, 0.2) is 18.2 Å². The van der Waals surface area contributed by atoms with Gasteiger partial charge in [-0.2, -0.15) is 0 Å². The third-order valence-electron chi connectivity index (χ3n) is 2.81. The Hall–Kier alpha value is -1.55. The molecule has 0 amide bonds. The van der Waals surface area contributed by atoms with Crippen LogP contribution in [-0.4, -0.2) is 23.7 Å². The summed E-state index contributed by atoms with van der Waals surface area (Å²) in [7, 11) is 0. The van der Waals surface area contributed by atoms with Gasteiger partial charge in [0.25, 0.3) is 0 Å². The van der Waals surface area contributed by atoms with Gasteiger partial charge in [0.1, 0.15) is 0 Å². The fraction of sp³-hybridized carbons (Fsp3) is 0.417. The first-order chi connectivity index (χ1) is 7.65. The molecule has 1 unspecified atom stereocenters. The smallest absolute Gasteiger partial charge is 0.304 e. The van der Waals surface area contributed by atoms with Crippen LogP contribution in [0.25, 0.3) is 0 Å². The lowest BCUT2D eigenvalue weighted by molar-refractivity contribution is -0.137. The molecule has 1 aliphatic rings. The zero-order chi connectivity index (χ0) is 11.5. The molecule has 0 aromatic heterocycles. The van der Waals surface area contributed by atoms with Crippen molar-refractivity contribution >= 4 is 11.7 Å². The van der Waals surface area contributed by atoms with Crippen molar-refractivity contribution in [2.45, 2.75) is 25.3 Å². The van der Waals surface area contributed by atoms with Crippen LogP contribution in [0.3, 0.4) is 0 Å². The minimum Gasteiger partial charge on any atom is -0.481 e. The van der Waals surface area contributed by atoms with Gasteiger partial charge in [-0.3, -0.25) is 4.79 Å². The number of hydrogen-bond acceptors (Lipinski definition) is 3. The van der Waals surface area contributed by atoms with E-state index >= 15 is 0 Å². The first kappa shape index (κ1) is 11.0. The van der Waals surface area contributed by atoms with Crippen LogP contribution < -0.4 is 11.1 Å². The lowest BCUT2D eigenvalue weighted by Gasteiger charge is -2.10. The number of anilines is 1. The van der Waals surface area contributed by atoms with Crippen molar-refractivity contribution in [1.29, 1.82) is 0 Å². The topological polar surface area (TPSA) is 75.4 Å². The highest BCUT2D eigenvalue weighted by atomic mass is 16.4. The Morgan fingerprint density at radius 3 is 3.12 bits per heavy atom. The predicted octanol–water partition coefficient (Wildman–Crippen LogP) is 0.999. The van der Waals surface area contributed by atoms with Crippen LogP contribution in [0.2, 0.25) is 0 Å². The minimum atomic E-state index is -0.838. The number of aliphatic carboxylic acids is 1. The lowest BCUT2D eigenvalue weighted by atomic mass is 10.0. The number of hydrogen-bond donors (Lipinski definition) is 3. The molecule has 1 aromatic rings. The third kappa shape index (κ3) is 2.52. The van der Waals surface area contributed by atoms with Crippen molar-refractivity contribution in [2.24, 2.45) is 5.73 Å². The predicted molar refractivity (Wildman–Crippen MR) is 62.6 cm³/mol. The Balaban J connectivity index is 2.02. The number of carboxylic acid groups (broad SMARTS) is 1. The van der Waals surface area contributed by atoms with Gasteiger partial charge < -0.3 is 16.2 Å². The highest BCUT2D eigenvalue weighted by molar-refractivity contribution is 5.67. The van der Waals surface area contributed by atoms with Crippen LogP contribution in [0.1, 0.15) is 17.5 Å². The van der Waals surface area contributed by atoms with Crippen LogP contribution in [0.5, 0.6) is 0 Å². The van der Waals surface area contributed by atoms with E-state index in [4.69, 9.17) is 10.8 Å². The van der Waals surface area contributed by atoms with Crippen LogP contribution in [0, 0.1) is 0 Å². The van der Waals surface area contributed by atoms with Crippen molar-refractivity contribution in [3.8, 4) is 0 Å². The van der Waals surface area contributed by atoms with E-state index in [0.717, 1.165) is 18.5 Å². The molecule has 1 heterocycles. The summed E-state index contributed by atoms with van der Waals surface area (Å²) in [5, 5.41) is 11.9. The number of carboxylic acids is 1. The standard InChI is InChI=1S/C12H16N2O2/c13-10(7-12(15)16)6-8-1-2-11-9(5-8)3-4-14-11/h1-2,5,10,14H,3-4,6-7,13H2,(H,15,16). The number of nitrogens with two attached hydrogens (primary N) is 1. The van der Waals surface area contributed by atoms with Gasteiger partial charge in [-0.1, -0.05) is 12.1 Å². The van der Waals surface area contributed by atoms with E-state index in [1.807, 2.05) is 12.1 Å². The van der Waals surface area contributed by atoms with Crippen molar-refractivity contribution in [3.05, 3.63) is 29.3 Å². The number of benzene rings is 1. The van der Waals surface area contributed by atoms with Crippen LogP contribution in [0.4, 0.5) is 5.69 Å². The first-order valence-electron chi connectivity index (χ1n) is 5.48. The molecule has 16 heavy (non-hydrogen) atoms. The Labute approximate surface area is 94.5 Å². The van der Waals surface area contributed by atoms with E-state index in [1.165, 1.54) is 11.3 Å². The van der Waals surface area contributed by atoms with E-state index in [2.05, 4.69) is 11.4 Å². The quantitative estimate of drug-likeness (QED) is 0.707. The molecule has 1 aliphatic heterocycles. The molecule has 0 aliphatic carbocycles. The molecule has 0 bridgehead atoms. The summed E-state index contributed by atoms with van der Waals surface area (Å²) < 4.78 is 0. The van der Waals surface area contributed by atoms with Crippen molar-refractivity contribution < 1.29 is 9.90 Å². The highest BCUT2D eigenvalue weighted by Gasteiger charge is 2.13. The summed E-state index contributed by atoms with van der Waals surface area (Å²) >= 11 is 0. The van der Waals surface area contributed by atoms with Crippen molar-refractivity contribution in [2.75, 3.05) is 11.9 Å². The molecule has 1 aromatic carbocycles. The molecule has 0 saturated heterocycles. The Morgan fingerprint density at radius 1 is 1.56 bits per heavy atom. The maximum atomic E-state index is 10.5. The molecular formula is C12H16N2O2.